The quantitative estimate of drug-likeness (QED) is 0.834. The van der Waals surface area contributed by atoms with Gasteiger partial charge in [0.2, 0.25) is 0 Å². The molecular formula is C15H27N5. The standard InChI is InChI=1S/C15H27N5/c1-13-6-5-7-19(11-13)8-9-20-12-14(17-18-20)10-16-15(2,3)4/h6,12,16H,5,7-11H2,1-4H3. The molecule has 2 rings (SSSR count). The minimum atomic E-state index is 0.113. The van der Waals surface area contributed by atoms with Crippen molar-refractivity contribution < 1.29 is 0 Å². The van der Waals surface area contributed by atoms with E-state index in [0.29, 0.717) is 0 Å². The Bertz CT molecular complexity index is 455. The van der Waals surface area contributed by atoms with Crippen LogP contribution in [0.5, 0.6) is 0 Å². The Kier molecular flexibility index (Phi) is 4.94. The average Bonchev–Trinajstić information content (AvgIpc) is 2.81. The van der Waals surface area contributed by atoms with Gasteiger partial charge in [-0.3, -0.25) is 9.58 Å². The number of rotatable bonds is 5. The fraction of sp³-hybridized carbons (Fsp3) is 0.733. The molecule has 1 N–H and O–H groups in total. The molecule has 0 bridgehead atoms. The first-order chi connectivity index (χ1) is 9.42. The largest absolute Gasteiger partial charge is 0.306 e. The zero-order chi connectivity index (χ0) is 14.6. The summed E-state index contributed by atoms with van der Waals surface area (Å²) >= 11 is 0. The summed E-state index contributed by atoms with van der Waals surface area (Å²) in [6, 6.07) is 0. The van der Waals surface area contributed by atoms with Gasteiger partial charge in [-0.25, -0.2) is 0 Å². The van der Waals surface area contributed by atoms with Crippen LogP contribution in [0.2, 0.25) is 0 Å². The third-order valence-electron chi connectivity index (χ3n) is 3.44. The number of aromatic nitrogens is 3. The van der Waals surface area contributed by atoms with E-state index in [1.807, 2.05) is 10.9 Å². The molecule has 2 heterocycles. The molecule has 0 atom stereocenters. The molecule has 0 spiro atoms. The van der Waals surface area contributed by atoms with E-state index in [2.05, 4.69) is 54.3 Å². The number of hydrogen-bond acceptors (Lipinski definition) is 4. The van der Waals surface area contributed by atoms with Crippen LogP contribution in [0.15, 0.2) is 17.8 Å². The highest BCUT2D eigenvalue weighted by Gasteiger charge is 2.12. The summed E-state index contributed by atoms with van der Waals surface area (Å²) in [5.74, 6) is 0. The highest BCUT2D eigenvalue weighted by molar-refractivity contribution is 5.04. The molecule has 0 aromatic carbocycles. The van der Waals surface area contributed by atoms with Crippen molar-refractivity contribution in [1.29, 1.82) is 0 Å². The summed E-state index contributed by atoms with van der Waals surface area (Å²) in [5.41, 5.74) is 2.60. The van der Waals surface area contributed by atoms with Crippen molar-refractivity contribution in [3.8, 4) is 0 Å². The van der Waals surface area contributed by atoms with E-state index in [-0.39, 0.29) is 5.54 Å². The van der Waals surface area contributed by atoms with Crippen LogP contribution >= 0.6 is 0 Å². The SMILES string of the molecule is CC1=CCCN(CCn2cc(CNC(C)(C)C)nn2)C1. The van der Waals surface area contributed by atoms with Crippen LogP contribution in [0.4, 0.5) is 0 Å². The third kappa shape index (κ3) is 5.06. The lowest BCUT2D eigenvalue weighted by atomic mass is 10.1. The molecule has 20 heavy (non-hydrogen) atoms. The van der Waals surface area contributed by atoms with E-state index in [1.54, 1.807) is 0 Å². The van der Waals surface area contributed by atoms with E-state index in [0.717, 1.165) is 38.4 Å². The molecule has 1 aliphatic heterocycles. The lowest BCUT2D eigenvalue weighted by molar-refractivity contribution is 0.272. The maximum atomic E-state index is 4.22. The van der Waals surface area contributed by atoms with Gasteiger partial charge in [0.25, 0.3) is 0 Å². The Morgan fingerprint density at radius 3 is 2.80 bits per heavy atom. The molecule has 0 saturated carbocycles. The Morgan fingerprint density at radius 2 is 2.10 bits per heavy atom. The van der Waals surface area contributed by atoms with E-state index in [9.17, 15) is 0 Å². The zero-order valence-electron chi connectivity index (χ0n) is 13.2. The van der Waals surface area contributed by atoms with E-state index >= 15 is 0 Å². The summed E-state index contributed by atoms with van der Waals surface area (Å²) in [7, 11) is 0. The second-order valence-electron chi connectivity index (χ2n) is 6.69. The smallest absolute Gasteiger partial charge is 0.0965 e. The fourth-order valence-corrected chi connectivity index (χ4v) is 2.31. The van der Waals surface area contributed by atoms with Crippen LogP contribution in [0, 0.1) is 0 Å². The van der Waals surface area contributed by atoms with Gasteiger partial charge in [-0.2, -0.15) is 0 Å². The summed E-state index contributed by atoms with van der Waals surface area (Å²) < 4.78 is 1.95. The Balaban J connectivity index is 1.77. The maximum Gasteiger partial charge on any atom is 0.0965 e. The van der Waals surface area contributed by atoms with Gasteiger partial charge in [0, 0.05) is 37.9 Å². The maximum absolute atomic E-state index is 4.22. The van der Waals surface area contributed by atoms with Crippen molar-refractivity contribution in [3.05, 3.63) is 23.5 Å². The molecule has 5 nitrogen and oxygen atoms in total. The molecule has 0 saturated heterocycles. The summed E-state index contributed by atoms with van der Waals surface area (Å²) in [5, 5.41) is 11.9. The second-order valence-corrected chi connectivity index (χ2v) is 6.69. The van der Waals surface area contributed by atoms with Crippen molar-refractivity contribution in [2.45, 2.75) is 52.7 Å². The van der Waals surface area contributed by atoms with Crippen molar-refractivity contribution in [2.75, 3.05) is 19.6 Å². The molecule has 0 radical (unpaired) electrons. The molecule has 5 heteroatoms. The van der Waals surface area contributed by atoms with Crippen LogP contribution in [-0.2, 0) is 13.1 Å². The summed E-state index contributed by atoms with van der Waals surface area (Å²) in [4.78, 5) is 2.48. The van der Waals surface area contributed by atoms with Gasteiger partial charge in [-0.15, -0.1) is 5.10 Å². The molecule has 1 aromatic heterocycles. The monoisotopic (exact) mass is 277 g/mol. The first-order valence-electron chi connectivity index (χ1n) is 7.44. The number of nitrogens with one attached hydrogen (secondary N) is 1. The summed E-state index contributed by atoms with van der Waals surface area (Å²) in [6.07, 6.45) is 5.55. The first-order valence-corrected chi connectivity index (χ1v) is 7.44. The van der Waals surface area contributed by atoms with Crippen molar-refractivity contribution in [2.24, 2.45) is 0 Å². The highest BCUT2D eigenvalue weighted by Crippen LogP contribution is 2.08. The predicted molar refractivity (Wildman–Crippen MR) is 81.4 cm³/mol. The van der Waals surface area contributed by atoms with Crippen LogP contribution in [0.3, 0.4) is 0 Å². The normalized spacial score (nSPS) is 17.3. The van der Waals surface area contributed by atoms with E-state index < -0.39 is 0 Å². The van der Waals surface area contributed by atoms with Crippen molar-refractivity contribution >= 4 is 0 Å². The zero-order valence-corrected chi connectivity index (χ0v) is 13.2. The Labute approximate surface area is 122 Å². The summed E-state index contributed by atoms with van der Waals surface area (Å²) in [6.45, 7) is 13.7. The van der Waals surface area contributed by atoms with E-state index in [4.69, 9.17) is 0 Å². The van der Waals surface area contributed by atoms with Crippen LogP contribution < -0.4 is 5.32 Å². The van der Waals surface area contributed by atoms with Gasteiger partial charge in [0.1, 0.15) is 0 Å². The van der Waals surface area contributed by atoms with Gasteiger partial charge in [-0.05, 0) is 34.1 Å². The van der Waals surface area contributed by atoms with Gasteiger partial charge in [-0.1, -0.05) is 16.9 Å². The Hall–Kier alpha value is -1.20. The molecule has 0 aliphatic carbocycles. The second kappa shape index (κ2) is 6.50. The van der Waals surface area contributed by atoms with Crippen LogP contribution in [-0.4, -0.2) is 45.1 Å². The van der Waals surface area contributed by atoms with Gasteiger partial charge in [0.05, 0.1) is 12.2 Å². The van der Waals surface area contributed by atoms with Crippen molar-refractivity contribution in [1.82, 2.24) is 25.2 Å². The minimum Gasteiger partial charge on any atom is -0.306 e. The Morgan fingerprint density at radius 1 is 1.30 bits per heavy atom. The molecule has 112 valence electrons. The van der Waals surface area contributed by atoms with Crippen LogP contribution in [0.25, 0.3) is 0 Å². The lowest BCUT2D eigenvalue weighted by Gasteiger charge is -2.25. The van der Waals surface area contributed by atoms with Crippen LogP contribution in [0.1, 0.15) is 39.8 Å². The number of nitrogens with zero attached hydrogens (tertiary/aromatic N) is 4. The van der Waals surface area contributed by atoms with Gasteiger partial charge in [0.15, 0.2) is 0 Å². The number of hydrogen-bond donors (Lipinski definition) is 1. The van der Waals surface area contributed by atoms with Crippen molar-refractivity contribution in [3.63, 3.8) is 0 Å². The topological polar surface area (TPSA) is 46.0 Å². The predicted octanol–water partition coefficient (Wildman–Crippen LogP) is 1.82. The molecular weight excluding hydrogens is 250 g/mol. The van der Waals surface area contributed by atoms with E-state index in [1.165, 1.54) is 12.0 Å². The van der Waals surface area contributed by atoms with Gasteiger partial charge >= 0.3 is 0 Å². The molecule has 0 amide bonds. The lowest BCUT2D eigenvalue weighted by Crippen LogP contribution is -2.35. The average molecular weight is 277 g/mol. The molecule has 0 fully saturated rings. The fourth-order valence-electron chi connectivity index (χ4n) is 2.31. The molecule has 0 unspecified atom stereocenters. The molecule has 1 aromatic rings. The minimum absolute atomic E-state index is 0.113. The third-order valence-corrected chi connectivity index (χ3v) is 3.44. The molecule has 1 aliphatic rings. The first kappa shape index (κ1) is 15.2. The highest BCUT2D eigenvalue weighted by atomic mass is 15.4. The van der Waals surface area contributed by atoms with Gasteiger partial charge < -0.3 is 5.32 Å².